The summed E-state index contributed by atoms with van der Waals surface area (Å²) in [5, 5.41) is 0.968. The van der Waals surface area contributed by atoms with Crippen molar-refractivity contribution in [2.75, 3.05) is 32.8 Å². The summed E-state index contributed by atoms with van der Waals surface area (Å²) in [5.74, 6) is -0.0427. The molecule has 0 bridgehead atoms. The molecule has 4 heteroatoms. The largest absolute Gasteiger partial charge is 0.454 e. The Kier molecular flexibility index (Phi) is 5.24. The van der Waals surface area contributed by atoms with Gasteiger partial charge < -0.3 is 13.6 Å². The predicted octanol–water partition coefficient (Wildman–Crippen LogP) is 3.77. The van der Waals surface area contributed by atoms with Crippen LogP contribution in [0.3, 0.4) is 0 Å². The van der Waals surface area contributed by atoms with Crippen molar-refractivity contribution >= 4 is 16.9 Å². The fourth-order valence-electron chi connectivity index (χ4n) is 2.91. The Bertz CT molecular complexity index is 633. The van der Waals surface area contributed by atoms with Crippen molar-refractivity contribution in [3.63, 3.8) is 0 Å². The SMILES string of the molecule is CC[N+](CC)(CC)CCOC(=O)c1oc2ccccc2c1C. The number of likely N-dealkylation sites (N-methyl/N-ethyl adjacent to an activating group) is 1. The number of carbonyl (C=O) groups excluding carboxylic acids is 1. The maximum absolute atomic E-state index is 12.3. The van der Waals surface area contributed by atoms with Crippen LogP contribution in [-0.4, -0.2) is 43.2 Å². The van der Waals surface area contributed by atoms with Gasteiger partial charge in [-0.25, -0.2) is 4.79 Å². The van der Waals surface area contributed by atoms with Crippen LogP contribution < -0.4 is 0 Å². The number of ether oxygens (including phenoxy) is 1. The molecule has 0 atom stereocenters. The zero-order chi connectivity index (χ0) is 16.2. The smallest absolute Gasteiger partial charge is 0.374 e. The third kappa shape index (κ3) is 3.17. The number of fused-ring (bicyclic) bond motifs is 1. The molecule has 0 spiro atoms. The van der Waals surface area contributed by atoms with Crippen molar-refractivity contribution in [3.8, 4) is 0 Å². The highest BCUT2D eigenvalue weighted by atomic mass is 16.5. The lowest BCUT2D eigenvalue weighted by atomic mass is 10.1. The lowest BCUT2D eigenvalue weighted by Gasteiger charge is -2.35. The molecule has 0 radical (unpaired) electrons. The first-order valence-electron chi connectivity index (χ1n) is 8.07. The number of furan rings is 1. The van der Waals surface area contributed by atoms with E-state index in [1.54, 1.807) is 0 Å². The Hall–Kier alpha value is -1.81. The van der Waals surface area contributed by atoms with Gasteiger partial charge in [0.25, 0.3) is 0 Å². The van der Waals surface area contributed by atoms with Crippen LogP contribution >= 0.6 is 0 Å². The van der Waals surface area contributed by atoms with E-state index in [0.29, 0.717) is 12.4 Å². The molecule has 0 saturated carbocycles. The first-order valence-corrected chi connectivity index (χ1v) is 8.07. The van der Waals surface area contributed by atoms with Gasteiger partial charge in [-0.2, -0.15) is 0 Å². The summed E-state index contributed by atoms with van der Waals surface area (Å²) in [4.78, 5) is 12.3. The van der Waals surface area contributed by atoms with E-state index in [-0.39, 0.29) is 5.97 Å². The molecular formula is C18H26NO3+. The maximum Gasteiger partial charge on any atom is 0.374 e. The third-order valence-corrected chi connectivity index (χ3v) is 4.84. The Labute approximate surface area is 132 Å². The van der Waals surface area contributed by atoms with Crippen molar-refractivity contribution in [1.29, 1.82) is 0 Å². The first kappa shape index (κ1) is 16.6. The van der Waals surface area contributed by atoms with E-state index in [1.165, 1.54) is 0 Å². The van der Waals surface area contributed by atoms with Gasteiger partial charge in [0.1, 0.15) is 18.7 Å². The summed E-state index contributed by atoms with van der Waals surface area (Å²) in [7, 11) is 0. The second-order valence-electron chi connectivity index (χ2n) is 5.70. The number of nitrogens with zero attached hydrogens (tertiary/aromatic N) is 1. The second-order valence-corrected chi connectivity index (χ2v) is 5.70. The molecule has 0 unspecified atom stereocenters. The van der Waals surface area contributed by atoms with Gasteiger partial charge >= 0.3 is 5.97 Å². The molecule has 120 valence electrons. The lowest BCUT2D eigenvalue weighted by Crippen LogP contribution is -2.49. The van der Waals surface area contributed by atoms with E-state index in [1.807, 2.05) is 31.2 Å². The number of rotatable bonds is 7. The summed E-state index contributed by atoms with van der Waals surface area (Å²) in [6, 6.07) is 7.66. The number of esters is 1. The van der Waals surface area contributed by atoms with E-state index in [4.69, 9.17) is 9.15 Å². The molecule has 0 aliphatic heterocycles. The number of hydrogen-bond acceptors (Lipinski definition) is 3. The molecule has 22 heavy (non-hydrogen) atoms. The number of hydrogen-bond donors (Lipinski definition) is 0. The highest BCUT2D eigenvalue weighted by molar-refractivity contribution is 5.95. The highest BCUT2D eigenvalue weighted by Crippen LogP contribution is 2.25. The van der Waals surface area contributed by atoms with Crippen LogP contribution in [0.2, 0.25) is 0 Å². The third-order valence-electron chi connectivity index (χ3n) is 4.84. The number of aryl methyl sites for hydroxylation is 1. The Morgan fingerprint density at radius 1 is 1.14 bits per heavy atom. The van der Waals surface area contributed by atoms with Crippen molar-refractivity contribution in [2.24, 2.45) is 0 Å². The van der Waals surface area contributed by atoms with E-state index >= 15 is 0 Å². The van der Waals surface area contributed by atoms with Crippen molar-refractivity contribution in [1.82, 2.24) is 0 Å². The number of carbonyl (C=O) groups is 1. The highest BCUT2D eigenvalue weighted by Gasteiger charge is 2.23. The normalized spacial score (nSPS) is 11.8. The number of benzene rings is 1. The molecule has 2 rings (SSSR count). The van der Waals surface area contributed by atoms with Crippen LogP contribution in [-0.2, 0) is 4.74 Å². The van der Waals surface area contributed by atoms with Crippen LogP contribution in [0.5, 0.6) is 0 Å². The van der Waals surface area contributed by atoms with E-state index in [0.717, 1.165) is 47.2 Å². The molecule has 0 N–H and O–H groups in total. The maximum atomic E-state index is 12.3. The summed E-state index contributed by atoms with van der Waals surface area (Å²) in [6.45, 7) is 12.8. The fraction of sp³-hybridized carbons (Fsp3) is 0.500. The van der Waals surface area contributed by atoms with E-state index < -0.39 is 0 Å². The molecule has 1 heterocycles. The van der Waals surface area contributed by atoms with Crippen molar-refractivity contribution < 1.29 is 18.4 Å². The summed E-state index contributed by atoms with van der Waals surface area (Å²) < 4.78 is 12.1. The van der Waals surface area contributed by atoms with Crippen LogP contribution in [0.4, 0.5) is 0 Å². The summed E-state index contributed by atoms with van der Waals surface area (Å²) in [6.07, 6.45) is 0. The van der Waals surface area contributed by atoms with Crippen LogP contribution in [0.1, 0.15) is 36.9 Å². The number of quaternary nitrogens is 1. The summed E-state index contributed by atoms with van der Waals surface area (Å²) >= 11 is 0. The molecule has 0 saturated heterocycles. The molecule has 2 aromatic rings. The van der Waals surface area contributed by atoms with Gasteiger partial charge in [0.05, 0.1) is 19.6 Å². The average molecular weight is 304 g/mol. The predicted molar refractivity (Wildman–Crippen MR) is 88.0 cm³/mol. The summed E-state index contributed by atoms with van der Waals surface area (Å²) in [5.41, 5.74) is 1.58. The number of para-hydroxylation sites is 1. The van der Waals surface area contributed by atoms with E-state index in [2.05, 4.69) is 20.8 Å². The minimum Gasteiger partial charge on any atom is -0.454 e. The topological polar surface area (TPSA) is 39.4 Å². The standard InChI is InChI=1S/C18H26NO3/c1-5-19(6-2,7-3)12-13-21-18(20)17-14(4)15-10-8-9-11-16(15)22-17/h8-11H,5-7,12-13H2,1-4H3/q+1. The molecule has 0 aliphatic rings. The lowest BCUT2D eigenvalue weighted by molar-refractivity contribution is -0.923. The van der Waals surface area contributed by atoms with Gasteiger partial charge in [-0.3, -0.25) is 0 Å². The molecule has 0 fully saturated rings. The van der Waals surface area contributed by atoms with Gasteiger partial charge in [0, 0.05) is 10.9 Å². The average Bonchev–Trinajstić information content (AvgIpc) is 2.89. The second kappa shape index (κ2) is 6.97. The molecular weight excluding hydrogens is 278 g/mol. The van der Waals surface area contributed by atoms with Gasteiger partial charge in [0.2, 0.25) is 5.76 Å². The molecule has 0 amide bonds. The zero-order valence-corrected chi connectivity index (χ0v) is 14.0. The monoisotopic (exact) mass is 304 g/mol. The minimum atomic E-state index is -0.366. The molecule has 4 nitrogen and oxygen atoms in total. The minimum absolute atomic E-state index is 0.323. The van der Waals surface area contributed by atoms with E-state index in [9.17, 15) is 4.79 Å². The van der Waals surface area contributed by atoms with Crippen LogP contribution in [0.15, 0.2) is 28.7 Å². The molecule has 1 aromatic heterocycles. The van der Waals surface area contributed by atoms with Gasteiger partial charge in [-0.05, 0) is 33.8 Å². The zero-order valence-electron chi connectivity index (χ0n) is 14.0. The molecule has 0 aliphatic carbocycles. The fourth-order valence-corrected chi connectivity index (χ4v) is 2.91. The van der Waals surface area contributed by atoms with Crippen molar-refractivity contribution in [2.45, 2.75) is 27.7 Å². The Balaban J connectivity index is 2.04. The van der Waals surface area contributed by atoms with Gasteiger partial charge in [0.15, 0.2) is 0 Å². The Morgan fingerprint density at radius 2 is 1.77 bits per heavy atom. The van der Waals surface area contributed by atoms with Gasteiger partial charge in [-0.1, -0.05) is 18.2 Å². The van der Waals surface area contributed by atoms with Crippen LogP contribution in [0.25, 0.3) is 11.0 Å². The quantitative estimate of drug-likeness (QED) is 0.577. The van der Waals surface area contributed by atoms with Crippen molar-refractivity contribution in [3.05, 3.63) is 35.6 Å². The molecule has 1 aromatic carbocycles. The Morgan fingerprint density at radius 3 is 2.36 bits per heavy atom. The van der Waals surface area contributed by atoms with Gasteiger partial charge in [-0.15, -0.1) is 0 Å². The van der Waals surface area contributed by atoms with Crippen LogP contribution in [0, 0.1) is 6.92 Å². The first-order chi connectivity index (χ1) is 10.6.